The zero-order valence-corrected chi connectivity index (χ0v) is 14.0. The number of aliphatic hydroxyl groups is 1. The van der Waals surface area contributed by atoms with Gasteiger partial charge in [-0.25, -0.2) is 0 Å². The molecular formula is C18H20ClN3O2. The zero-order chi connectivity index (χ0) is 16.7. The third-order valence-electron chi connectivity index (χ3n) is 4.68. The first-order chi connectivity index (χ1) is 11.6. The maximum absolute atomic E-state index is 9.48. The first-order valence-corrected chi connectivity index (χ1v) is 8.48. The van der Waals surface area contributed by atoms with Crippen LogP contribution in [0.25, 0.3) is 0 Å². The van der Waals surface area contributed by atoms with Crippen LogP contribution in [-0.2, 0) is 4.74 Å². The van der Waals surface area contributed by atoms with Gasteiger partial charge in [-0.15, -0.1) is 0 Å². The second kappa shape index (κ2) is 6.16. The van der Waals surface area contributed by atoms with E-state index < -0.39 is 6.29 Å². The molecule has 2 aromatic rings. The van der Waals surface area contributed by atoms with E-state index in [4.69, 9.17) is 22.1 Å². The molecule has 2 unspecified atom stereocenters. The Morgan fingerprint density at radius 3 is 2.38 bits per heavy atom. The van der Waals surface area contributed by atoms with Gasteiger partial charge >= 0.3 is 0 Å². The number of aliphatic hydroxyl groups excluding tert-OH is 1. The van der Waals surface area contributed by atoms with E-state index in [1.54, 1.807) is 0 Å². The summed E-state index contributed by atoms with van der Waals surface area (Å²) in [5, 5.41) is 10.3. The number of rotatable bonds is 3. The average molecular weight is 346 g/mol. The highest BCUT2D eigenvalue weighted by molar-refractivity contribution is 6.33. The van der Waals surface area contributed by atoms with Crippen molar-refractivity contribution in [2.45, 2.75) is 12.4 Å². The topological polar surface area (TPSA) is 65.3 Å². The molecule has 24 heavy (non-hydrogen) atoms. The Labute approximate surface area is 146 Å². The lowest BCUT2D eigenvalue weighted by atomic mass is 10.1. The monoisotopic (exact) mass is 345 g/mol. The molecule has 4 rings (SSSR count). The normalized spacial score (nSPS) is 23.4. The summed E-state index contributed by atoms with van der Waals surface area (Å²) in [5.74, 6) is 0. The van der Waals surface area contributed by atoms with Gasteiger partial charge in [0.05, 0.1) is 10.7 Å². The van der Waals surface area contributed by atoms with Crippen LogP contribution in [-0.4, -0.2) is 37.6 Å². The maximum Gasteiger partial charge on any atom is 0.186 e. The fourth-order valence-electron chi connectivity index (χ4n) is 3.25. The smallest absolute Gasteiger partial charge is 0.186 e. The van der Waals surface area contributed by atoms with Gasteiger partial charge in [0.2, 0.25) is 0 Å². The molecule has 0 saturated carbocycles. The average Bonchev–Trinajstić information content (AvgIpc) is 3.32. The predicted octanol–water partition coefficient (Wildman–Crippen LogP) is 2.64. The molecule has 0 radical (unpaired) electrons. The van der Waals surface area contributed by atoms with E-state index in [1.807, 2.05) is 36.4 Å². The Morgan fingerprint density at radius 1 is 1.04 bits per heavy atom. The van der Waals surface area contributed by atoms with Crippen LogP contribution in [0.3, 0.4) is 0 Å². The van der Waals surface area contributed by atoms with E-state index in [9.17, 15) is 5.11 Å². The lowest BCUT2D eigenvalue weighted by Gasteiger charge is -2.38. The van der Waals surface area contributed by atoms with Crippen molar-refractivity contribution in [3.8, 4) is 0 Å². The predicted molar refractivity (Wildman–Crippen MR) is 96.6 cm³/mol. The van der Waals surface area contributed by atoms with Crippen molar-refractivity contribution in [1.82, 2.24) is 0 Å². The number of para-hydroxylation sites is 1. The molecule has 2 fully saturated rings. The third-order valence-corrected chi connectivity index (χ3v) is 5.00. The van der Waals surface area contributed by atoms with Gasteiger partial charge in [0.25, 0.3) is 0 Å². The standard InChI is InChI=1S/C18H20ClN3O2/c19-14-3-1-2-4-16(14)22-9-7-21(8-10-22)12-5-6-15(20)13(11-12)17-18(23)24-17/h1-6,11,17-18,23H,7-10,20H2. The van der Waals surface area contributed by atoms with Gasteiger partial charge in [0.15, 0.2) is 6.29 Å². The summed E-state index contributed by atoms with van der Waals surface area (Å²) in [4.78, 5) is 4.63. The van der Waals surface area contributed by atoms with Crippen LogP contribution in [0.2, 0.25) is 5.02 Å². The Kier molecular flexibility index (Phi) is 4.00. The number of benzene rings is 2. The van der Waals surface area contributed by atoms with Crippen molar-refractivity contribution in [2.24, 2.45) is 0 Å². The fourth-order valence-corrected chi connectivity index (χ4v) is 3.51. The van der Waals surface area contributed by atoms with Gasteiger partial charge in [-0.2, -0.15) is 0 Å². The van der Waals surface area contributed by atoms with Crippen molar-refractivity contribution >= 4 is 28.7 Å². The molecule has 6 heteroatoms. The molecule has 126 valence electrons. The third kappa shape index (κ3) is 2.90. The second-order valence-electron chi connectivity index (χ2n) is 6.19. The molecule has 2 atom stereocenters. The molecule has 3 N–H and O–H groups in total. The molecule has 2 aliphatic rings. The Balaban J connectivity index is 1.47. The molecule has 2 aliphatic heterocycles. The van der Waals surface area contributed by atoms with E-state index in [2.05, 4.69) is 15.9 Å². The number of piperazine rings is 1. The first kappa shape index (κ1) is 15.6. The van der Waals surface area contributed by atoms with E-state index >= 15 is 0 Å². The van der Waals surface area contributed by atoms with E-state index in [1.165, 1.54) is 0 Å². The van der Waals surface area contributed by atoms with E-state index in [-0.39, 0.29) is 6.10 Å². The van der Waals surface area contributed by atoms with Crippen LogP contribution in [0.1, 0.15) is 11.7 Å². The summed E-state index contributed by atoms with van der Waals surface area (Å²) in [7, 11) is 0. The maximum atomic E-state index is 9.48. The summed E-state index contributed by atoms with van der Waals surface area (Å²) < 4.78 is 5.15. The molecule has 0 spiro atoms. The van der Waals surface area contributed by atoms with Crippen molar-refractivity contribution in [3.63, 3.8) is 0 Å². The zero-order valence-electron chi connectivity index (χ0n) is 13.2. The number of nitrogens with zero attached hydrogens (tertiary/aromatic N) is 2. The number of hydrogen-bond donors (Lipinski definition) is 2. The lowest BCUT2D eigenvalue weighted by molar-refractivity contribution is 0.156. The number of anilines is 3. The minimum atomic E-state index is -0.723. The minimum Gasteiger partial charge on any atom is -0.398 e. The molecular weight excluding hydrogens is 326 g/mol. The summed E-state index contributed by atoms with van der Waals surface area (Å²) in [6.45, 7) is 3.63. The van der Waals surface area contributed by atoms with Crippen molar-refractivity contribution in [1.29, 1.82) is 0 Å². The highest BCUT2D eigenvalue weighted by Crippen LogP contribution is 2.41. The van der Waals surface area contributed by atoms with Crippen molar-refractivity contribution < 1.29 is 9.84 Å². The van der Waals surface area contributed by atoms with Crippen molar-refractivity contribution in [2.75, 3.05) is 41.7 Å². The highest BCUT2D eigenvalue weighted by atomic mass is 35.5. The van der Waals surface area contributed by atoms with Crippen LogP contribution in [0.15, 0.2) is 42.5 Å². The second-order valence-corrected chi connectivity index (χ2v) is 6.59. The molecule has 5 nitrogen and oxygen atoms in total. The van der Waals surface area contributed by atoms with Gasteiger partial charge in [0.1, 0.15) is 6.10 Å². The largest absolute Gasteiger partial charge is 0.398 e. The highest BCUT2D eigenvalue weighted by Gasteiger charge is 2.40. The van der Waals surface area contributed by atoms with Gasteiger partial charge in [-0.1, -0.05) is 23.7 Å². The van der Waals surface area contributed by atoms with Crippen LogP contribution in [0.5, 0.6) is 0 Å². The molecule has 0 aliphatic carbocycles. The quantitative estimate of drug-likeness (QED) is 0.661. The summed E-state index contributed by atoms with van der Waals surface area (Å²) in [5.41, 5.74) is 9.74. The summed E-state index contributed by atoms with van der Waals surface area (Å²) >= 11 is 6.30. The van der Waals surface area contributed by atoms with Gasteiger partial charge in [0, 0.05) is 43.1 Å². The van der Waals surface area contributed by atoms with Crippen LogP contribution >= 0.6 is 11.6 Å². The summed E-state index contributed by atoms with van der Waals surface area (Å²) in [6.07, 6.45) is -1.01. The molecule has 0 amide bonds. The lowest BCUT2D eigenvalue weighted by Crippen LogP contribution is -2.46. The SMILES string of the molecule is Nc1ccc(N2CCN(c3ccccc3Cl)CC2)cc1C1OC1O. The Morgan fingerprint density at radius 2 is 1.71 bits per heavy atom. The molecule has 2 saturated heterocycles. The number of epoxide rings is 1. The number of nitrogen functional groups attached to an aromatic ring is 1. The van der Waals surface area contributed by atoms with Crippen LogP contribution in [0.4, 0.5) is 17.1 Å². The minimum absolute atomic E-state index is 0.283. The Bertz CT molecular complexity index is 747. The van der Waals surface area contributed by atoms with Gasteiger partial charge in [-0.05, 0) is 30.3 Å². The molecule has 0 aromatic heterocycles. The van der Waals surface area contributed by atoms with Crippen molar-refractivity contribution in [3.05, 3.63) is 53.1 Å². The number of ether oxygens (including phenoxy) is 1. The first-order valence-electron chi connectivity index (χ1n) is 8.11. The Hall–Kier alpha value is -1.95. The van der Waals surface area contributed by atoms with Gasteiger partial charge < -0.3 is 25.4 Å². The number of hydrogen-bond acceptors (Lipinski definition) is 5. The number of nitrogens with two attached hydrogens (primary N) is 1. The number of halogens is 1. The molecule has 0 bridgehead atoms. The molecule has 2 heterocycles. The van der Waals surface area contributed by atoms with Crippen LogP contribution < -0.4 is 15.5 Å². The van der Waals surface area contributed by atoms with E-state index in [0.29, 0.717) is 5.69 Å². The van der Waals surface area contributed by atoms with Crippen LogP contribution in [0, 0.1) is 0 Å². The summed E-state index contributed by atoms with van der Waals surface area (Å²) in [6, 6.07) is 13.9. The van der Waals surface area contributed by atoms with Gasteiger partial charge in [-0.3, -0.25) is 0 Å². The van der Waals surface area contributed by atoms with E-state index in [0.717, 1.165) is 48.1 Å². The molecule has 2 aromatic carbocycles. The fraction of sp³-hybridized carbons (Fsp3) is 0.333.